The van der Waals surface area contributed by atoms with Crippen LogP contribution in [0.2, 0.25) is 0 Å². The average Bonchev–Trinajstić information content (AvgIpc) is 2.65. The minimum absolute atomic E-state index is 0. The standard InChI is InChI=1S/C21H32N2O5S.Na/c1-17(2)21(25)22-16-10-8-6-4-3-5-7-9-11-20(24)23-18-12-14-19(15-13-18)29(26,27)28;/h12-15H,1,3-11,16H2,2H3,(H,22,25)(H,23,24)(H,26,27,28);/q;+1/p-1. The van der Waals surface area contributed by atoms with Gasteiger partial charge in [-0.2, -0.15) is 8.42 Å². The van der Waals surface area contributed by atoms with Crippen molar-refractivity contribution in [1.82, 2.24) is 0 Å². The zero-order valence-electron chi connectivity index (χ0n) is 18.0. The Morgan fingerprint density at radius 3 is 2.03 bits per heavy atom. The molecule has 9 heteroatoms. The van der Waals surface area contributed by atoms with E-state index in [1.54, 1.807) is 6.92 Å². The van der Waals surface area contributed by atoms with E-state index in [0.717, 1.165) is 51.4 Å². The molecular weight excluding hydrogens is 415 g/mol. The summed E-state index contributed by atoms with van der Waals surface area (Å²) in [6.45, 7) is 5.80. The van der Waals surface area contributed by atoms with Gasteiger partial charge in [-0.3, -0.25) is 9.35 Å². The largest absolute Gasteiger partial charge is 1.00 e. The van der Waals surface area contributed by atoms with Gasteiger partial charge in [0.25, 0.3) is 10.1 Å². The van der Waals surface area contributed by atoms with Gasteiger partial charge >= 0.3 is 29.6 Å². The van der Waals surface area contributed by atoms with Crippen molar-refractivity contribution in [1.29, 1.82) is 0 Å². The predicted molar refractivity (Wildman–Crippen MR) is 114 cm³/mol. The van der Waals surface area contributed by atoms with E-state index >= 15 is 0 Å². The second kappa shape index (κ2) is 15.6. The maximum absolute atomic E-state index is 11.9. The molecule has 2 N–H and O–H groups in total. The van der Waals surface area contributed by atoms with Crippen LogP contribution < -0.4 is 40.0 Å². The molecule has 1 rings (SSSR count). The summed E-state index contributed by atoms with van der Waals surface area (Å²) in [5.41, 5.74) is 0.979. The van der Waals surface area contributed by atoms with Gasteiger partial charge in [-0.05, 0) is 55.5 Å². The van der Waals surface area contributed by atoms with Crippen molar-refractivity contribution < 1.29 is 52.4 Å². The molecule has 7 nitrogen and oxygen atoms in total. The summed E-state index contributed by atoms with van der Waals surface area (Å²) in [6, 6.07) is 5.39. The topological polar surface area (TPSA) is 119 Å². The fourth-order valence-corrected chi connectivity index (χ4v) is 3.19. The number of nitrogens with one attached hydrogen (secondary N) is 1. The van der Waals surface area contributed by atoms with E-state index in [-0.39, 0.29) is 46.3 Å². The molecular formula is C21H31N2NaO5S. The van der Waals surface area contributed by atoms with Crippen LogP contribution in [-0.2, 0) is 14.9 Å². The van der Waals surface area contributed by atoms with Crippen molar-refractivity contribution in [3.05, 3.63) is 36.4 Å². The Hall–Kier alpha value is -1.19. The summed E-state index contributed by atoms with van der Waals surface area (Å²) in [6.07, 6.45) is 8.65. The Labute approximate surface area is 202 Å². The average molecular weight is 447 g/mol. The third-order valence-electron chi connectivity index (χ3n) is 4.37. The van der Waals surface area contributed by atoms with E-state index in [1.165, 1.54) is 24.3 Å². The van der Waals surface area contributed by atoms with Gasteiger partial charge in [0.05, 0.1) is 4.90 Å². The first-order valence-electron chi connectivity index (χ1n) is 9.95. The summed E-state index contributed by atoms with van der Waals surface area (Å²) in [7, 11) is -4.22. The van der Waals surface area contributed by atoms with Gasteiger partial charge in [0.2, 0.25) is 5.91 Å². The van der Waals surface area contributed by atoms with Crippen molar-refractivity contribution in [3.8, 4) is 0 Å². The zero-order valence-corrected chi connectivity index (χ0v) is 20.8. The van der Waals surface area contributed by atoms with Crippen LogP contribution in [0, 0.1) is 0 Å². The van der Waals surface area contributed by atoms with Crippen molar-refractivity contribution >= 4 is 27.6 Å². The maximum Gasteiger partial charge on any atom is 1.00 e. The van der Waals surface area contributed by atoms with Crippen molar-refractivity contribution in [2.75, 3.05) is 11.9 Å². The number of unbranched alkanes of at least 4 members (excludes halogenated alkanes) is 7. The van der Waals surface area contributed by atoms with E-state index in [1.807, 2.05) is 0 Å². The Balaban J connectivity index is 0.00000841. The van der Waals surface area contributed by atoms with Crippen LogP contribution in [-0.4, -0.2) is 31.3 Å². The van der Waals surface area contributed by atoms with Gasteiger partial charge in [0.1, 0.15) is 0 Å². The van der Waals surface area contributed by atoms with Crippen molar-refractivity contribution in [2.24, 2.45) is 4.99 Å². The number of aliphatic imine (C=N–C) groups is 1. The number of carbonyl (C=O) groups is 1. The number of nitrogens with zero attached hydrogens (tertiary/aromatic N) is 1. The number of rotatable bonds is 14. The summed E-state index contributed by atoms with van der Waals surface area (Å²) in [4.78, 5) is 15.6. The minimum atomic E-state index is -4.22. The third kappa shape index (κ3) is 13.2. The van der Waals surface area contributed by atoms with Crippen LogP contribution in [0.25, 0.3) is 0 Å². The first kappa shape index (κ1) is 28.8. The van der Waals surface area contributed by atoms with Crippen LogP contribution >= 0.6 is 0 Å². The predicted octanol–water partition coefficient (Wildman–Crippen LogP) is 0.722. The normalized spacial score (nSPS) is 11.6. The van der Waals surface area contributed by atoms with Crippen LogP contribution in [0.4, 0.5) is 5.69 Å². The van der Waals surface area contributed by atoms with Gasteiger partial charge in [-0.1, -0.05) is 45.1 Å². The summed E-state index contributed by atoms with van der Waals surface area (Å²) in [5, 5.41) is 14.0. The first-order valence-corrected chi connectivity index (χ1v) is 11.4. The van der Waals surface area contributed by atoms with Gasteiger partial charge in [0, 0.05) is 18.7 Å². The molecule has 0 saturated carbocycles. The first-order chi connectivity index (χ1) is 13.7. The maximum atomic E-state index is 11.9. The van der Waals surface area contributed by atoms with Gasteiger partial charge in [0.15, 0.2) is 0 Å². The molecule has 0 aliphatic carbocycles. The van der Waals surface area contributed by atoms with Crippen LogP contribution in [0.15, 0.2) is 46.3 Å². The molecule has 0 heterocycles. The van der Waals surface area contributed by atoms with E-state index in [4.69, 9.17) is 4.55 Å². The number of carbonyl (C=O) groups excluding carboxylic acids is 1. The molecule has 1 amide bonds. The molecule has 162 valence electrons. The van der Waals surface area contributed by atoms with Crippen molar-refractivity contribution in [2.45, 2.75) is 69.6 Å². The van der Waals surface area contributed by atoms with E-state index < -0.39 is 10.1 Å². The molecule has 0 radical (unpaired) electrons. The molecule has 1 aromatic carbocycles. The third-order valence-corrected chi connectivity index (χ3v) is 5.24. The van der Waals surface area contributed by atoms with Crippen LogP contribution in [0.5, 0.6) is 0 Å². The number of benzene rings is 1. The van der Waals surface area contributed by atoms with E-state index in [2.05, 4.69) is 16.9 Å². The second-order valence-corrected chi connectivity index (χ2v) is 8.51. The Morgan fingerprint density at radius 1 is 1.03 bits per heavy atom. The molecule has 0 spiro atoms. The number of hydrogen-bond acceptors (Lipinski definition) is 5. The molecule has 0 aliphatic heterocycles. The monoisotopic (exact) mass is 446 g/mol. The molecule has 0 aromatic heterocycles. The number of amides is 1. The van der Waals surface area contributed by atoms with Crippen LogP contribution in [0.1, 0.15) is 64.7 Å². The summed E-state index contributed by atoms with van der Waals surface area (Å²) >= 11 is 0. The molecule has 0 atom stereocenters. The fourth-order valence-electron chi connectivity index (χ4n) is 2.71. The zero-order chi connectivity index (χ0) is 21.7. The molecule has 30 heavy (non-hydrogen) atoms. The quantitative estimate of drug-likeness (QED) is 0.144. The Morgan fingerprint density at radius 2 is 1.53 bits per heavy atom. The van der Waals surface area contributed by atoms with Gasteiger partial charge in [-0.15, -0.1) is 0 Å². The Bertz CT molecular complexity index is 792. The SMILES string of the molecule is C=C(C)C([O-])=NCCCCCCCCCCC(=O)Nc1ccc(S(=O)(=O)O)cc1.[Na+]. The fraction of sp³-hybridized carbons (Fsp3) is 0.524. The molecule has 0 unspecified atom stereocenters. The number of anilines is 1. The summed E-state index contributed by atoms with van der Waals surface area (Å²) < 4.78 is 30.9. The summed E-state index contributed by atoms with van der Waals surface area (Å²) in [5.74, 6) is -0.318. The molecule has 0 aliphatic rings. The van der Waals surface area contributed by atoms with Crippen LogP contribution in [0.3, 0.4) is 0 Å². The second-order valence-electron chi connectivity index (χ2n) is 7.09. The molecule has 1 aromatic rings. The van der Waals surface area contributed by atoms with Crippen molar-refractivity contribution in [3.63, 3.8) is 0 Å². The van der Waals surface area contributed by atoms with Gasteiger partial charge < -0.3 is 15.4 Å². The molecule has 0 fully saturated rings. The minimum Gasteiger partial charge on any atom is -0.859 e. The van der Waals surface area contributed by atoms with Gasteiger partial charge in [-0.25, -0.2) is 0 Å². The molecule has 0 bridgehead atoms. The number of hydrogen-bond donors (Lipinski definition) is 2. The van der Waals surface area contributed by atoms with E-state index in [0.29, 0.717) is 24.2 Å². The van der Waals surface area contributed by atoms with E-state index in [9.17, 15) is 18.3 Å². The Kier molecular flexibility index (Phi) is 15.0. The molecule has 0 saturated heterocycles. The smallest absolute Gasteiger partial charge is 0.859 e.